The number of imide groups is 1. The summed E-state index contributed by atoms with van der Waals surface area (Å²) in [6, 6.07) is 3.07. The van der Waals surface area contributed by atoms with Gasteiger partial charge in [-0.05, 0) is 31.2 Å². The van der Waals surface area contributed by atoms with Crippen LogP contribution in [0.4, 0.5) is 4.79 Å². The molecule has 1 aliphatic heterocycles. The Bertz CT molecular complexity index is 585. The molecule has 1 saturated heterocycles. The summed E-state index contributed by atoms with van der Waals surface area (Å²) >= 11 is 1.40. The van der Waals surface area contributed by atoms with Crippen molar-refractivity contribution in [1.29, 1.82) is 0 Å². The number of nitrogens with one attached hydrogen (secondary N) is 2. The monoisotopic (exact) mass is 323 g/mol. The van der Waals surface area contributed by atoms with Crippen LogP contribution in [0.3, 0.4) is 0 Å². The molecule has 1 aromatic heterocycles. The van der Waals surface area contributed by atoms with E-state index < -0.39 is 17.5 Å². The standard InChI is InChI=1S/C15H21N3O3S/c1-9(2)10(3)16-12(19)8-18-13(20)15(4,17-14(18)21)11-6-5-7-22-11/h5-7,9-10H,8H2,1-4H3,(H,16,19)(H,17,21)/t10-,15+/m0/s1. The molecule has 7 heteroatoms. The molecule has 120 valence electrons. The van der Waals surface area contributed by atoms with E-state index >= 15 is 0 Å². The van der Waals surface area contributed by atoms with Gasteiger partial charge in [-0.2, -0.15) is 0 Å². The lowest BCUT2D eigenvalue weighted by Crippen LogP contribution is -2.45. The number of hydrogen-bond donors (Lipinski definition) is 2. The van der Waals surface area contributed by atoms with E-state index in [4.69, 9.17) is 0 Å². The Balaban J connectivity index is 2.08. The fraction of sp³-hybridized carbons (Fsp3) is 0.533. The molecule has 2 heterocycles. The van der Waals surface area contributed by atoms with Crippen LogP contribution in [0.2, 0.25) is 0 Å². The van der Waals surface area contributed by atoms with Gasteiger partial charge in [0.05, 0.1) is 0 Å². The van der Waals surface area contributed by atoms with E-state index in [0.717, 1.165) is 9.78 Å². The summed E-state index contributed by atoms with van der Waals surface area (Å²) in [6.07, 6.45) is 0. The zero-order valence-electron chi connectivity index (χ0n) is 13.2. The number of urea groups is 1. The minimum Gasteiger partial charge on any atom is -0.352 e. The van der Waals surface area contributed by atoms with E-state index in [0.29, 0.717) is 0 Å². The van der Waals surface area contributed by atoms with E-state index in [-0.39, 0.29) is 24.4 Å². The van der Waals surface area contributed by atoms with Crippen molar-refractivity contribution in [3.8, 4) is 0 Å². The summed E-state index contributed by atoms with van der Waals surface area (Å²) in [4.78, 5) is 38.4. The predicted molar refractivity (Wildman–Crippen MR) is 84.4 cm³/mol. The molecule has 0 radical (unpaired) electrons. The Labute approximate surface area is 133 Å². The highest BCUT2D eigenvalue weighted by Gasteiger charge is 2.50. The second-order valence-electron chi connectivity index (χ2n) is 6.02. The van der Waals surface area contributed by atoms with Crippen molar-refractivity contribution in [2.24, 2.45) is 5.92 Å². The summed E-state index contributed by atoms with van der Waals surface area (Å²) < 4.78 is 0. The highest BCUT2D eigenvalue weighted by Crippen LogP contribution is 2.31. The van der Waals surface area contributed by atoms with Crippen LogP contribution in [0.25, 0.3) is 0 Å². The van der Waals surface area contributed by atoms with Gasteiger partial charge < -0.3 is 10.6 Å². The Hall–Kier alpha value is -1.89. The quantitative estimate of drug-likeness (QED) is 0.809. The lowest BCUT2D eigenvalue weighted by molar-refractivity contribution is -0.135. The third-order valence-electron chi connectivity index (χ3n) is 3.98. The smallest absolute Gasteiger partial charge is 0.325 e. The van der Waals surface area contributed by atoms with Crippen LogP contribution in [0.15, 0.2) is 17.5 Å². The van der Waals surface area contributed by atoms with Gasteiger partial charge in [0.25, 0.3) is 5.91 Å². The lowest BCUT2D eigenvalue weighted by atomic mass is 10.0. The van der Waals surface area contributed by atoms with Gasteiger partial charge >= 0.3 is 6.03 Å². The van der Waals surface area contributed by atoms with E-state index in [1.807, 2.05) is 32.2 Å². The van der Waals surface area contributed by atoms with Gasteiger partial charge in [-0.15, -0.1) is 11.3 Å². The molecular formula is C15H21N3O3S. The van der Waals surface area contributed by atoms with Crippen LogP contribution < -0.4 is 10.6 Å². The van der Waals surface area contributed by atoms with Crippen LogP contribution in [0, 0.1) is 5.92 Å². The lowest BCUT2D eigenvalue weighted by Gasteiger charge is -2.21. The Morgan fingerprint density at radius 1 is 1.41 bits per heavy atom. The number of carbonyl (C=O) groups is 3. The average molecular weight is 323 g/mol. The Morgan fingerprint density at radius 2 is 2.09 bits per heavy atom. The number of nitrogens with zero attached hydrogens (tertiary/aromatic N) is 1. The number of hydrogen-bond acceptors (Lipinski definition) is 4. The molecule has 4 amide bonds. The molecule has 22 heavy (non-hydrogen) atoms. The van der Waals surface area contributed by atoms with Crippen molar-refractivity contribution >= 4 is 29.2 Å². The van der Waals surface area contributed by atoms with E-state index in [1.165, 1.54) is 11.3 Å². The van der Waals surface area contributed by atoms with Gasteiger partial charge in [0.1, 0.15) is 6.54 Å². The average Bonchev–Trinajstić information content (AvgIpc) is 3.03. The largest absolute Gasteiger partial charge is 0.352 e. The maximum Gasteiger partial charge on any atom is 0.325 e. The summed E-state index contributed by atoms with van der Waals surface area (Å²) in [5.41, 5.74) is -1.09. The zero-order chi connectivity index (χ0) is 16.5. The van der Waals surface area contributed by atoms with Crippen LogP contribution in [-0.4, -0.2) is 35.3 Å². The maximum absolute atomic E-state index is 12.6. The fourth-order valence-corrected chi connectivity index (χ4v) is 3.02. The molecule has 2 atom stereocenters. The van der Waals surface area contributed by atoms with Gasteiger partial charge in [-0.25, -0.2) is 4.79 Å². The first-order valence-electron chi connectivity index (χ1n) is 7.23. The zero-order valence-corrected chi connectivity index (χ0v) is 14.0. The number of amides is 4. The normalized spacial score (nSPS) is 22.9. The molecule has 0 unspecified atom stereocenters. The minimum absolute atomic E-state index is 0.0167. The minimum atomic E-state index is -1.09. The molecular weight excluding hydrogens is 302 g/mol. The third-order valence-corrected chi connectivity index (χ3v) is 5.07. The van der Waals surface area contributed by atoms with Crippen molar-refractivity contribution in [2.45, 2.75) is 39.3 Å². The summed E-state index contributed by atoms with van der Waals surface area (Å²) in [6.45, 7) is 7.28. The molecule has 6 nitrogen and oxygen atoms in total. The topological polar surface area (TPSA) is 78.5 Å². The van der Waals surface area contributed by atoms with Gasteiger partial charge in [0.2, 0.25) is 5.91 Å². The molecule has 0 bridgehead atoms. The number of rotatable bonds is 5. The van der Waals surface area contributed by atoms with Crippen LogP contribution >= 0.6 is 11.3 Å². The predicted octanol–water partition coefficient (Wildman–Crippen LogP) is 1.68. The molecule has 0 aromatic carbocycles. The summed E-state index contributed by atoms with van der Waals surface area (Å²) in [5.74, 6) is -0.448. The van der Waals surface area contributed by atoms with Crippen LogP contribution in [0.1, 0.15) is 32.6 Å². The Morgan fingerprint density at radius 3 is 2.64 bits per heavy atom. The van der Waals surface area contributed by atoms with E-state index in [9.17, 15) is 14.4 Å². The van der Waals surface area contributed by atoms with Gasteiger partial charge in [0, 0.05) is 10.9 Å². The number of thiophene rings is 1. The highest BCUT2D eigenvalue weighted by molar-refractivity contribution is 7.10. The van der Waals surface area contributed by atoms with E-state index in [1.54, 1.807) is 13.0 Å². The van der Waals surface area contributed by atoms with E-state index in [2.05, 4.69) is 10.6 Å². The van der Waals surface area contributed by atoms with Crippen molar-refractivity contribution in [3.63, 3.8) is 0 Å². The van der Waals surface area contributed by atoms with Crippen molar-refractivity contribution in [1.82, 2.24) is 15.5 Å². The highest BCUT2D eigenvalue weighted by atomic mass is 32.1. The number of carbonyl (C=O) groups excluding carboxylic acids is 3. The first-order valence-corrected chi connectivity index (χ1v) is 8.11. The van der Waals surface area contributed by atoms with Crippen molar-refractivity contribution in [2.75, 3.05) is 6.54 Å². The van der Waals surface area contributed by atoms with Crippen molar-refractivity contribution in [3.05, 3.63) is 22.4 Å². The second-order valence-corrected chi connectivity index (χ2v) is 6.97. The van der Waals surface area contributed by atoms with Crippen molar-refractivity contribution < 1.29 is 14.4 Å². The third kappa shape index (κ3) is 2.99. The first-order chi connectivity index (χ1) is 10.3. The van der Waals surface area contributed by atoms with Crippen LogP contribution in [0.5, 0.6) is 0 Å². The van der Waals surface area contributed by atoms with Gasteiger partial charge in [-0.3, -0.25) is 14.5 Å². The molecule has 0 spiro atoms. The molecule has 2 N–H and O–H groups in total. The molecule has 1 fully saturated rings. The maximum atomic E-state index is 12.6. The first kappa shape index (κ1) is 16.5. The van der Waals surface area contributed by atoms with Gasteiger partial charge in [-0.1, -0.05) is 19.9 Å². The Kier molecular flexibility index (Phi) is 4.55. The fourth-order valence-electron chi connectivity index (χ4n) is 2.18. The molecule has 0 aliphatic carbocycles. The molecule has 2 rings (SSSR count). The SMILES string of the molecule is CC(C)[C@H](C)NC(=O)CN1C(=O)N[C@](C)(c2cccs2)C1=O. The van der Waals surface area contributed by atoms with Crippen LogP contribution in [-0.2, 0) is 15.1 Å². The summed E-state index contributed by atoms with van der Waals surface area (Å²) in [5, 5.41) is 7.33. The summed E-state index contributed by atoms with van der Waals surface area (Å²) in [7, 11) is 0. The molecule has 1 aromatic rings. The molecule has 0 saturated carbocycles. The second kappa shape index (κ2) is 6.08. The molecule has 1 aliphatic rings. The van der Waals surface area contributed by atoms with Gasteiger partial charge in [0.15, 0.2) is 5.54 Å².